The van der Waals surface area contributed by atoms with Crippen molar-refractivity contribution in [2.45, 2.75) is 36.4 Å². The van der Waals surface area contributed by atoms with Gasteiger partial charge in [-0.15, -0.1) is 0 Å². The molecule has 0 radical (unpaired) electrons. The second-order valence-corrected chi connectivity index (χ2v) is 6.12. The maximum absolute atomic E-state index is 10.6. The van der Waals surface area contributed by atoms with Crippen LogP contribution in [0.1, 0.15) is 24.3 Å². The van der Waals surface area contributed by atoms with Crippen LogP contribution in [0.3, 0.4) is 0 Å². The van der Waals surface area contributed by atoms with E-state index < -0.39 is 0 Å². The van der Waals surface area contributed by atoms with Crippen molar-refractivity contribution in [2.75, 3.05) is 13.1 Å². The van der Waals surface area contributed by atoms with Crippen molar-refractivity contribution in [3.05, 3.63) is 35.9 Å². The van der Waals surface area contributed by atoms with Crippen LogP contribution in [0, 0.1) is 5.92 Å². The van der Waals surface area contributed by atoms with Crippen molar-refractivity contribution in [3.63, 3.8) is 0 Å². The van der Waals surface area contributed by atoms with Gasteiger partial charge < -0.3 is 15.7 Å². The van der Waals surface area contributed by atoms with E-state index in [4.69, 9.17) is 0 Å². The maximum Gasteiger partial charge on any atom is 0.0743 e. The predicted molar refractivity (Wildman–Crippen MR) is 70.4 cm³/mol. The molecule has 0 saturated carbocycles. The largest absolute Gasteiger partial charge is 0.391 e. The number of fused-ring (bicyclic) bond motifs is 1. The van der Waals surface area contributed by atoms with Gasteiger partial charge in [-0.1, -0.05) is 30.3 Å². The highest BCUT2D eigenvalue weighted by Crippen LogP contribution is 2.47. The summed E-state index contributed by atoms with van der Waals surface area (Å²) >= 11 is 0. The number of benzene rings is 1. The molecule has 0 amide bonds. The quantitative estimate of drug-likeness (QED) is 0.686. The first kappa shape index (κ1) is 11.0. The first-order valence-electron chi connectivity index (χ1n) is 7.01. The number of hydrogen-bond donors (Lipinski definition) is 3. The third-order valence-electron chi connectivity index (χ3n) is 5.31. The summed E-state index contributed by atoms with van der Waals surface area (Å²) in [6, 6.07) is 11.2. The molecule has 4 rings (SSSR count). The first-order chi connectivity index (χ1) is 8.79. The lowest BCUT2D eigenvalue weighted by molar-refractivity contribution is 0.0297. The second kappa shape index (κ2) is 3.80. The molecule has 3 aliphatic rings. The van der Waals surface area contributed by atoms with Gasteiger partial charge in [0.15, 0.2) is 0 Å². The minimum Gasteiger partial charge on any atom is -0.391 e. The van der Waals surface area contributed by atoms with Crippen molar-refractivity contribution < 1.29 is 5.11 Å². The fraction of sp³-hybridized carbons (Fsp3) is 0.600. The van der Waals surface area contributed by atoms with Crippen LogP contribution in [-0.2, 0) is 0 Å². The fourth-order valence-electron chi connectivity index (χ4n) is 4.39. The molecule has 1 aromatic carbocycles. The first-order valence-corrected chi connectivity index (χ1v) is 7.01. The predicted octanol–water partition coefficient (Wildman–Crippen LogP) is 0.855. The van der Waals surface area contributed by atoms with Crippen molar-refractivity contribution >= 4 is 0 Å². The molecular weight excluding hydrogens is 224 g/mol. The van der Waals surface area contributed by atoms with Gasteiger partial charge in [0, 0.05) is 18.5 Å². The van der Waals surface area contributed by atoms with Gasteiger partial charge >= 0.3 is 0 Å². The van der Waals surface area contributed by atoms with Crippen LogP contribution in [0.25, 0.3) is 0 Å². The van der Waals surface area contributed by atoms with E-state index in [1.807, 2.05) is 0 Å². The summed E-state index contributed by atoms with van der Waals surface area (Å²) in [7, 11) is 0. The van der Waals surface area contributed by atoms with Gasteiger partial charge in [-0.05, 0) is 30.9 Å². The van der Waals surface area contributed by atoms with E-state index in [1.165, 1.54) is 12.0 Å². The monoisotopic (exact) mass is 244 g/mol. The van der Waals surface area contributed by atoms with Crippen molar-refractivity contribution in [1.29, 1.82) is 0 Å². The van der Waals surface area contributed by atoms with Gasteiger partial charge in [-0.3, -0.25) is 0 Å². The molecule has 1 spiro atoms. The highest BCUT2D eigenvalue weighted by atomic mass is 16.3. The highest BCUT2D eigenvalue weighted by molar-refractivity contribution is 5.28. The zero-order valence-corrected chi connectivity index (χ0v) is 10.5. The molecule has 0 aliphatic carbocycles. The SMILES string of the molecule is O[C@H]1C[C@H](c2ccccc2)[C@H]2C[C@@H]3CNC[C@]31N2. The zero-order chi connectivity index (χ0) is 12.2. The van der Waals surface area contributed by atoms with Gasteiger partial charge in [-0.25, -0.2) is 0 Å². The molecule has 3 aliphatic heterocycles. The van der Waals surface area contributed by atoms with E-state index in [1.54, 1.807) is 0 Å². The number of piperidine rings is 1. The van der Waals surface area contributed by atoms with Crippen LogP contribution >= 0.6 is 0 Å². The minimum atomic E-state index is -0.221. The molecule has 3 N–H and O–H groups in total. The fourth-order valence-corrected chi connectivity index (χ4v) is 4.39. The molecule has 18 heavy (non-hydrogen) atoms. The van der Waals surface area contributed by atoms with Crippen LogP contribution in [0.5, 0.6) is 0 Å². The molecule has 96 valence electrons. The Morgan fingerprint density at radius 1 is 1.17 bits per heavy atom. The Morgan fingerprint density at radius 2 is 2.00 bits per heavy atom. The lowest BCUT2D eigenvalue weighted by Crippen LogP contribution is -2.61. The Bertz CT molecular complexity index is 449. The highest BCUT2D eigenvalue weighted by Gasteiger charge is 2.59. The third-order valence-corrected chi connectivity index (χ3v) is 5.31. The van der Waals surface area contributed by atoms with Crippen LogP contribution in [-0.4, -0.2) is 35.9 Å². The normalized spacial score (nSPS) is 46.1. The zero-order valence-electron chi connectivity index (χ0n) is 10.5. The van der Waals surface area contributed by atoms with E-state index >= 15 is 0 Å². The Morgan fingerprint density at radius 3 is 2.83 bits per heavy atom. The van der Waals surface area contributed by atoms with E-state index in [-0.39, 0.29) is 11.6 Å². The van der Waals surface area contributed by atoms with E-state index in [9.17, 15) is 5.11 Å². The summed E-state index contributed by atoms with van der Waals surface area (Å²) in [5.74, 6) is 1.07. The summed E-state index contributed by atoms with van der Waals surface area (Å²) in [5, 5.41) is 17.8. The number of nitrogens with one attached hydrogen (secondary N) is 2. The molecule has 0 aromatic heterocycles. The summed E-state index contributed by atoms with van der Waals surface area (Å²) in [6.45, 7) is 1.99. The lowest BCUT2D eigenvalue weighted by atomic mass is 9.78. The Hall–Kier alpha value is -0.900. The van der Waals surface area contributed by atoms with Gasteiger partial charge in [0.25, 0.3) is 0 Å². The van der Waals surface area contributed by atoms with Crippen LogP contribution in [0.4, 0.5) is 0 Å². The van der Waals surface area contributed by atoms with Crippen molar-refractivity contribution in [1.82, 2.24) is 10.6 Å². The molecule has 3 fully saturated rings. The molecule has 2 bridgehead atoms. The van der Waals surface area contributed by atoms with Gasteiger partial charge in [0.2, 0.25) is 0 Å². The number of aliphatic hydroxyl groups excluding tert-OH is 1. The summed E-state index contributed by atoms with van der Waals surface area (Å²) in [6.07, 6.45) is 1.88. The molecule has 3 heterocycles. The summed E-state index contributed by atoms with van der Waals surface area (Å²) in [4.78, 5) is 0. The third kappa shape index (κ3) is 1.35. The molecular formula is C15H20N2O. The number of hydrogen-bond acceptors (Lipinski definition) is 3. The van der Waals surface area contributed by atoms with E-state index in [2.05, 4.69) is 41.0 Å². The summed E-state index contributed by atoms with van der Waals surface area (Å²) < 4.78 is 0. The molecule has 5 atom stereocenters. The average molecular weight is 244 g/mol. The molecule has 3 nitrogen and oxygen atoms in total. The Balaban J connectivity index is 1.67. The average Bonchev–Trinajstić information content (AvgIpc) is 2.91. The molecule has 0 unspecified atom stereocenters. The van der Waals surface area contributed by atoms with Crippen LogP contribution < -0.4 is 10.6 Å². The number of aliphatic hydroxyl groups is 1. The lowest BCUT2D eigenvalue weighted by Gasteiger charge is -2.42. The van der Waals surface area contributed by atoms with Gasteiger partial charge in [0.1, 0.15) is 0 Å². The van der Waals surface area contributed by atoms with Crippen molar-refractivity contribution in [3.8, 4) is 0 Å². The molecule has 3 saturated heterocycles. The topological polar surface area (TPSA) is 44.3 Å². The smallest absolute Gasteiger partial charge is 0.0743 e. The molecule has 3 heteroatoms. The Labute approximate surface area is 108 Å². The van der Waals surface area contributed by atoms with E-state index in [0.29, 0.717) is 17.9 Å². The van der Waals surface area contributed by atoms with Crippen LogP contribution in [0.2, 0.25) is 0 Å². The maximum atomic E-state index is 10.6. The van der Waals surface area contributed by atoms with Crippen LogP contribution in [0.15, 0.2) is 30.3 Å². The number of rotatable bonds is 1. The Kier molecular flexibility index (Phi) is 2.31. The van der Waals surface area contributed by atoms with E-state index in [0.717, 1.165) is 19.5 Å². The van der Waals surface area contributed by atoms with Crippen molar-refractivity contribution in [2.24, 2.45) is 5.92 Å². The van der Waals surface area contributed by atoms with Gasteiger partial charge in [-0.2, -0.15) is 0 Å². The minimum absolute atomic E-state index is 0.0318. The standard InChI is InChI=1S/C15H20N2O/c18-14-7-12(10-4-2-1-3-5-10)13-6-11-8-16-9-15(11,14)17-13/h1-5,11-14,16-18H,6-9H2/t11-,12-,13-,14+,15+/m1/s1. The molecule has 1 aromatic rings. The van der Waals surface area contributed by atoms with Gasteiger partial charge in [0.05, 0.1) is 11.6 Å². The second-order valence-electron chi connectivity index (χ2n) is 6.12. The summed E-state index contributed by atoms with van der Waals surface area (Å²) in [5.41, 5.74) is 1.34.